The Kier molecular flexibility index (Phi) is 7.24. The molecule has 2 aromatic rings. The first-order valence-electron chi connectivity index (χ1n) is 7.42. The summed E-state index contributed by atoms with van der Waals surface area (Å²) in [5.41, 5.74) is 1.07. The fourth-order valence-corrected chi connectivity index (χ4v) is 4.60. The molecule has 1 N–H and O–H groups in total. The van der Waals surface area contributed by atoms with E-state index in [1.807, 2.05) is 30.8 Å². The first kappa shape index (κ1) is 17.8. The first-order valence-corrected chi connectivity index (χ1v) is 9.23. The van der Waals surface area contributed by atoms with E-state index >= 15 is 0 Å². The SMILES string of the molecule is CCOc1ccc2nc(SCC[NH+]3CCOCC3)sc2c1.[Cl-]. The third-order valence-electron chi connectivity index (χ3n) is 3.53. The summed E-state index contributed by atoms with van der Waals surface area (Å²) < 4.78 is 13.3. The number of halogens is 1. The summed E-state index contributed by atoms with van der Waals surface area (Å²) in [6, 6.07) is 6.14. The average molecular weight is 361 g/mol. The lowest BCUT2D eigenvalue weighted by Crippen LogP contribution is -3.14. The van der Waals surface area contributed by atoms with Crippen LogP contribution in [0, 0.1) is 0 Å². The highest BCUT2D eigenvalue weighted by Crippen LogP contribution is 2.31. The molecule has 0 amide bonds. The van der Waals surface area contributed by atoms with Crippen LogP contribution < -0.4 is 22.0 Å². The van der Waals surface area contributed by atoms with Gasteiger partial charge in [-0.25, -0.2) is 4.98 Å². The lowest BCUT2D eigenvalue weighted by atomic mass is 10.3. The second-order valence-electron chi connectivity index (χ2n) is 5.00. The summed E-state index contributed by atoms with van der Waals surface area (Å²) in [6.07, 6.45) is 0. The van der Waals surface area contributed by atoms with Gasteiger partial charge in [0.25, 0.3) is 0 Å². The summed E-state index contributed by atoms with van der Waals surface area (Å²) in [6.45, 7) is 7.98. The van der Waals surface area contributed by atoms with E-state index in [9.17, 15) is 0 Å². The average Bonchev–Trinajstić information content (AvgIpc) is 2.91. The Hall–Kier alpha value is -0.530. The van der Waals surface area contributed by atoms with Gasteiger partial charge in [0.1, 0.15) is 18.8 Å². The Labute approximate surface area is 145 Å². The third kappa shape index (κ3) is 4.73. The van der Waals surface area contributed by atoms with Gasteiger partial charge >= 0.3 is 0 Å². The van der Waals surface area contributed by atoms with Crippen LogP contribution >= 0.6 is 23.1 Å². The van der Waals surface area contributed by atoms with Crippen molar-refractivity contribution >= 4 is 33.3 Å². The second-order valence-corrected chi connectivity index (χ2v) is 7.38. The number of thioether (sulfide) groups is 1. The quantitative estimate of drug-likeness (QED) is 0.650. The fourth-order valence-electron chi connectivity index (χ4n) is 2.39. The van der Waals surface area contributed by atoms with Crippen molar-refractivity contribution in [1.82, 2.24) is 4.98 Å². The van der Waals surface area contributed by atoms with E-state index in [4.69, 9.17) is 9.47 Å². The van der Waals surface area contributed by atoms with E-state index in [1.165, 1.54) is 11.2 Å². The van der Waals surface area contributed by atoms with Crippen LogP contribution in [0.4, 0.5) is 0 Å². The molecule has 0 spiro atoms. The molecule has 0 aliphatic carbocycles. The number of quaternary nitrogens is 1. The summed E-state index contributed by atoms with van der Waals surface area (Å²) in [5, 5.41) is 0. The minimum atomic E-state index is 0. The van der Waals surface area contributed by atoms with E-state index in [0.717, 1.165) is 47.7 Å². The number of nitrogens with zero attached hydrogens (tertiary/aromatic N) is 1. The van der Waals surface area contributed by atoms with E-state index in [-0.39, 0.29) is 12.4 Å². The molecule has 7 heteroatoms. The maximum atomic E-state index is 5.54. The number of nitrogens with one attached hydrogen (secondary N) is 1. The molecule has 1 aliphatic rings. The highest BCUT2D eigenvalue weighted by Gasteiger charge is 2.14. The van der Waals surface area contributed by atoms with Crippen molar-refractivity contribution in [2.45, 2.75) is 11.3 Å². The number of hydrogen-bond donors (Lipinski definition) is 1. The third-order valence-corrected chi connectivity index (χ3v) is 5.70. The van der Waals surface area contributed by atoms with Gasteiger partial charge in [0.2, 0.25) is 0 Å². The molecule has 1 aromatic carbocycles. The van der Waals surface area contributed by atoms with Gasteiger partial charge in [-0.3, -0.25) is 0 Å². The maximum Gasteiger partial charge on any atom is 0.151 e. The van der Waals surface area contributed by atoms with Crippen LogP contribution in [0.2, 0.25) is 0 Å². The molecule has 4 nitrogen and oxygen atoms in total. The van der Waals surface area contributed by atoms with E-state index < -0.39 is 0 Å². The molecule has 22 heavy (non-hydrogen) atoms. The minimum absolute atomic E-state index is 0. The number of benzene rings is 1. The van der Waals surface area contributed by atoms with E-state index in [2.05, 4.69) is 11.1 Å². The number of ether oxygens (including phenoxy) is 2. The molecule has 1 aromatic heterocycles. The van der Waals surface area contributed by atoms with Crippen molar-refractivity contribution in [1.29, 1.82) is 0 Å². The Morgan fingerprint density at radius 3 is 2.95 bits per heavy atom. The van der Waals surface area contributed by atoms with Crippen molar-refractivity contribution < 1.29 is 26.8 Å². The van der Waals surface area contributed by atoms with Crippen molar-refractivity contribution in [3.8, 4) is 5.75 Å². The summed E-state index contributed by atoms with van der Waals surface area (Å²) in [4.78, 5) is 6.34. The smallest absolute Gasteiger partial charge is 0.151 e. The molecule has 1 aliphatic heterocycles. The zero-order valence-electron chi connectivity index (χ0n) is 12.6. The topological polar surface area (TPSA) is 35.8 Å². The molecule has 0 unspecified atom stereocenters. The first-order chi connectivity index (χ1) is 10.3. The molecule has 0 bridgehead atoms. The summed E-state index contributed by atoms with van der Waals surface area (Å²) in [7, 11) is 0. The van der Waals surface area contributed by atoms with Crippen LogP contribution in [-0.2, 0) is 4.74 Å². The van der Waals surface area contributed by atoms with Gasteiger partial charge in [-0.15, -0.1) is 11.3 Å². The van der Waals surface area contributed by atoms with Crippen LogP contribution in [-0.4, -0.2) is 50.2 Å². The lowest BCUT2D eigenvalue weighted by Gasteiger charge is -2.23. The Morgan fingerprint density at radius 1 is 1.36 bits per heavy atom. The van der Waals surface area contributed by atoms with Gasteiger partial charge in [-0.1, -0.05) is 11.8 Å². The van der Waals surface area contributed by atoms with Gasteiger partial charge in [0.05, 0.1) is 36.6 Å². The summed E-state index contributed by atoms with van der Waals surface area (Å²) in [5.74, 6) is 2.05. The number of morpholine rings is 1. The van der Waals surface area contributed by atoms with Crippen molar-refractivity contribution in [3.63, 3.8) is 0 Å². The Balaban J connectivity index is 0.00000176. The summed E-state index contributed by atoms with van der Waals surface area (Å²) >= 11 is 3.63. The molecular weight excluding hydrogens is 340 g/mol. The van der Waals surface area contributed by atoms with Crippen molar-refractivity contribution in [3.05, 3.63) is 18.2 Å². The van der Waals surface area contributed by atoms with Gasteiger partial charge in [0, 0.05) is 5.75 Å². The molecule has 122 valence electrons. The number of aromatic nitrogens is 1. The lowest BCUT2D eigenvalue weighted by molar-refractivity contribution is -0.905. The minimum Gasteiger partial charge on any atom is -1.00 e. The molecule has 0 saturated carbocycles. The second kappa shape index (κ2) is 8.93. The fraction of sp³-hybridized carbons (Fsp3) is 0.533. The Bertz CT molecular complexity index is 588. The van der Waals surface area contributed by atoms with Gasteiger partial charge in [-0.05, 0) is 25.1 Å². The van der Waals surface area contributed by atoms with E-state index in [0.29, 0.717) is 6.61 Å². The molecular formula is C15H21ClN2O2S2. The predicted molar refractivity (Wildman–Crippen MR) is 87.9 cm³/mol. The van der Waals surface area contributed by atoms with Crippen LogP contribution in [0.5, 0.6) is 5.75 Å². The molecule has 3 rings (SSSR count). The van der Waals surface area contributed by atoms with Gasteiger partial charge < -0.3 is 26.8 Å². The van der Waals surface area contributed by atoms with Gasteiger partial charge in [0.15, 0.2) is 4.34 Å². The largest absolute Gasteiger partial charge is 1.00 e. The predicted octanol–water partition coefficient (Wildman–Crippen LogP) is -1.29. The number of fused-ring (bicyclic) bond motifs is 1. The van der Waals surface area contributed by atoms with Gasteiger partial charge in [-0.2, -0.15) is 0 Å². The van der Waals surface area contributed by atoms with Crippen molar-refractivity contribution in [2.75, 3.05) is 45.2 Å². The molecule has 1 fully saturated rings. The number of rotatable bonds is 6. The highest BCUT2D eigenvalue weighted by atomic mass is 35.5. The maximum absolute atomic E-state index is 5.54. The molecule has 2 heterocycles. The zero-order chi connectivity index (χ0) is 14.5. The van der Waals surface area contributed by atoms with Crippen LogP contribution in [0.3, 0.4) is 0 Å². The standard InChI is InChI=1S/C15H20N2O2S2.ClH/c1-2-19-12-3-4-13-14(11-12)21-15(16-13)20-10-7-17-5-8-18-9-6-17;/h3-4,11H,2,5-10H2,1H3;1H. The normalized spacial score (nSPS) is 15.7. The van der Waals surface area contributed by atoms with E-state index in [1.54, 1.807) is 16.2 Å². The Morgan fingerprint density at radius 2 is 2.18 bits per heavy atom. The van der Waals surface area contributed by atoms with Crippen LogP contribution in [0.1, 0.15) is 6.92 Å². The molecule has 0 atom stereocenters. The number of thiazole rings is 1. The zero-order valence-corrected chi connectivity index (χ0v) is 15.0. The van der Waals surface area contributed by atoms with Crippen LogP contribution in [0.25, 0.3) is 10.2 Å². The molecule has 0 radical (unpaired) electrons. The van der Waals surface area contributed by atoms with Crippen LogP contribution in [0.15, 0.2) is 22.5 Å². The highest BCUT2D eigenvalue weighted by molar-refractivity contribution is 8.01. The van der Waals surface area contributed by atoms with Crippen molar-refractivity contribution in [2.24, 2.45) is 0 Å². The molecule has 1 saturated heterocycles. The monoisotopic (exact) mass is 360 g/mol. The number of hydrogen-bond acceptors (Lipinski definition) is 5.